The minimum atomic E-state index is -1.04. The number of rotatable bonds is 4. The summed E-state index contributed by atoms with van der Waals surface area (Å²) < 4.78 is 19.8. The number of benzene rings is 1. The third kappa shape index (κ3) is 3.69. The Morgan fingerprint density at radius 1 is 0.650 bits per heavy atom. The minimum absolute atomic E-state index is 0.0119. The quantitative estimate of drug-likeness (QED) is 0.134. The Kier molecular flexibility index (Phi) is 5.44. The van der Waals surface area contributed by atoms with E-state index in [9.17, 15) is 38.4 Å². The number of fused-ring (bicyclic) bond motifs is 1. The van der Waals surface area contributed by atoms with E-state index in [-0.39, 0.29) is 75.6 Å². The van der Waals surface area contributed by atoms with E-state index in [1.165, 1.54) is 12.2 Å². The molecule has 0 unspecified atom stereocenters. The monoisotopic (exact) mass is 546 g/mol. The first-order chi connectivity index (χ1) is 19.0. The third-order valence-electron chi connectivity index (χ3n) is 6.80. The fourth-order valence-electron chi connectivity index (χ4n) is 4.79. The number of imide groups is 1. The molecule has 0 radical (unpaired) electrons. The lowest BCUT2D eigenvalue weighted by Gasteiger charge is -2.15. The van der Waals surface area contributed by atoms with E-state index in [1.807, 2.05) is 0 Å². The first-order valence-corrected chi connectivity index (χ1v) is 11.7. The molecule has 2 N–H and O–H groups in total. The van der Waals surface area contributed by atoms with Crippen LogP contribution in [0, 0.1) is 0 Å². The van der Waals surface area contributed by atoms with Crippen LogP contribution in [0.4, 0.5) is 0 Å². The molecule has 0 saturated heterocycles. The van der Waals surface area contributed by atoms with E-state index in [1.54, 1.807) is 0 Å². The van der Waals surface area contributed by atoms with Gasteiger partial charge in [-0.2, -0.15) is 0 Å². The van der Waals surface area contributed by atoms with Crippen molar-refractivity contribution in [2.75, 3.05) is 0 Å². The van der Waals surface area contributed by atoms with Crippen molar-refractivity contribution < 1.29 is 57.3 Å². The summed E-state index contributed by atoms with van der Waals surface area (Å²) in [7, 11) is 0. The molecule has 0 atom stereocenters. The number of hydrogen-bond acceptors (Lipinski definition) is 13. The Balaban J connectivity index is 1.29. The highest BCUT2D eigenvalue weighted by molar-refractivity contribution is 6.24. The molecule has 0 aromatic heterocycles. The highest BCUT2D eigenvalue weighted by Gasteiger charge is 2.42. The van der Waals surface area contributed by atoms with Crippen molar-refractivity contribution in [3.63, 3.8) is 0 Å². The summed E-state index contributed by atoms with van der Waals surface area (Å²) in [4.78, 5) is 98.4. The molecule has 2 amide bonds. The van der Waals surface area contributed by atoms with Gasteiger partial charge in [0.15, 0.2) is 0 Å². The molecule has 5 aliphatic rings. The Morgan fingerprint density at radius 2 is 1.05 bits per heavy atom. The lowest BCUT2D eigenvalue weighted by Crippen LogP contribution is -2.36. The molecule has 0 fully saturated rings. The molecule has 1 aromatic rings. The van der Waals surface area contributed by atoms with Crippen LogP contribution in [0.5, 0.6) is 11.5 Å². The molecule has 0 bridgehead atoms. The van der Waals surface area contributed by atoms with E-state index in [4.69, 9.17) is 15.3 Å². The van der Waals surface area contributed by atoms with E-state index in [0.29, 0.717) is 0 Å². The standard InChI is InChI=1S/C26H14N2O12/c27-28-19(29)17-15(37-21(31)9-1-3-11-13(7-9)25(35)39-23(11)33)5-6-16(18(17)20(28)30)38-22(32)10-2-4-12-14(8-10)26(36)40-24(12)34/h5-8H,1-4,27H2. The van der Waals surface area contributed by atoms with Crippen molar-refractivity contribution in [3.8, 4) is 11.5 Å². The van der Waals surface area contributed by atoms with Gasteiger partial charge in [0.05, 0.1) is 22.3 Å². The maximum Gasteiger partial charge on any atom is 0.346 e. The fourth-order valence-corrected chi connectivity index (χ4v) is 4.79. The summed E-state index contributed by atoms with van der Waals surface area (Å²) >= 11 is 0. The van der Waals surface area contributed by atoms with Crippen LogP contribution in [0.25, 0.3) is 0 Å². The van der Waals surface area contributed by atoms with E-state index in [2.05, 4.69) is 9.47 Å². The number of esters is 6. The van der Waals surface area contributed by atoms with Crippen LogP contribution in [-0.2, 0) is 38.2 Å². The normalized spacial score (nSPS) is 19.7. The summed E-state index contributed by atoms with van der Waals surface area (Å²) in [6.07, 6.45) is 2.53. The summed E-state index contributed by atoms with van der Waals surface area (Å²) in [6, 6.07) is 2.24. The van der Waals surface area contributed by atoms with Crippen LogP contribution in [-0.4, -0.2) is 52.6 Å². The van der Waals surface area contributed by atoms with Crippen molar-refractivity contribution in [3.05, 3.63) is 68.9 Å². The molecule has 0 spiro atoms. The van der Waals surface area contributed by atoms with Gasteiger partial charge in [0.1, 0.15) is 22.6 Å². The van der Waals surface area contributed by atoms with Crippen LogP contribution in [0.3, 0.4) is 0 Å². The third-order valence-corrected chi connectivity index (χ3v) is 6.80. The van der Waals surface area contributed by atoms with E-state index < -0.39 is 58.8 Å². The Labute approximate surface area is 222 Å². The van der Waals surface area contributed by atoms with Gasteiger partial charge >= 0.3 is 35.8 Å². The summed E-state index contributed by atoms with van der Waals surface area (Å²) in [6.45, 7) is 0. The average Bonchev–Trinajstić information content (AvgIpc) is 3.48. The smallest absolute Gasteiger partial charge is 0.346 e. The summed E-state index contributed by atoms with van der Waals surface area (Å²) in [5.41, 5.74) is -0.697. The maximum absolute atomic E-state index is 12.9. The molecule has 0 saturated carbocycles. The van der Waals surface area contributed by atoms with Gasteiger partial charge in [-0.1, -0.05) is 0 Å². The number of carbonyl (C=O) groups excluding carboxylic acids is 8. The van der Waals surface area contributed by atoms with Crippen molar-refractivity contribution in [2.24, 2.45) is 5.84 Å². The number of cyclic esters (lactones) is 4. The largest absolute Gasteiger partial charge is 0.422 e. The summed E-state index contributed by atoms with van der Waals surface area (Å²) in [5.74, 6) is -2.49. The van der Waals surface area contributed by atoms with E-state index >= 15 is 0 Å². The van der Waals surface area contributed by atoms with Crippen molar-refractivity contribution >= 4 is 47.6 Å². The number of ether oxygens (including phenoxy) is 4. The van der Waals surface area contributed by atoms with Gasteiger partial charge in [-0.15, -0.1) is 0 Å². The van der Waals surface area contributed by atoms with Gasteiger partial charge < -0.3 is 18.9 Å². The van der Waals surface area contributed by atoms with Crippen LogP contribution in [0.15, 0.2) is 57.7 Å². The highest BCUT2D eigenvalue weighted by Crippen LogP contribution is 2.39. The predicted octanol–water partition coefficient (Wildman–Crippen LogP) is 0.167. The number of hydrazine groups is 1. The number of amides is 2. The molecule has 14 nitrogen and oxygen atoms in total. The molecular weight excluding hydrogens is 532 g/mol. The fraction of sp³-hybridized carbons (Fsp3) is 0.154. The van der Waals surface area contributed by atoms with Gasteiger partial charge in [0.25, 0.3) is 11.8 Å². The van der Waals surface area contributed by atoms with Crippen molar-refractivity contribution in [1.82, 2.24) is 5.01 Å². The average molecular weight is 546 g/mol. The van der Waals surface area contributed by atoms with Gasteiger partial charge in [0, 0.05) is 11.1 Å². The molecule has 3 aliphatic heterocycles. The minimum Gasteiger partial charge on any atom is -0.422 e. The molecule has 1 aromatic carbocycles. The second kappa shape index (κ2) is 8.78. The Bertz CT molecular complexity index is 1580. The highest BCUT2D eigenvalue weighted by atomic mass is 16.6. The molecule has 40 heavy (non-hydrogen) atoms. The van der Waals surface area contributed by atoms with Crippen LogP contribution >= 0.6 is 0 Å². The zero-order chi connectivity index (χ0) is 28.5. The topological polar surface area (TPSA) is 203 Å². The SMILES string of the molecule is NN1C(=O)c2c(OC(=O)C3=CC4=C(CC3)C(=O)OC4=O)ccc(OC(=O)C3=CC4=C(CC3)C(=O)OC4=O)c2C1=O. The number of hydrogen-bond donors (Lipinski definition) is 1. The lowest BCUT2D eigenvalue weighted by molar-refractivity contribution is -0.152. The second-order valence-electron chi connectivity index (χ2n) is 9.05. The van der Waals surface area contributed by atoms with Gasteiger partial charge in [-0.25, -0.2) is 39.6 Å². The van der Waals surface area contributed by atoms with Gasteiger partial charge in [-0.3, -0.25) is 9.59 Å². The zero-order valence-electron chi connectivity index (χ0n) is 20.1. The zero-order valence-corrected chi connectivity index (χ0v) is 20.1. The summed E-state index contributed by atoms with van der Waals surface area (Å²) in [5, 5.41) is 0.258. The Hall–Kier alpha value is -5.50. The molecule has 6 rings (SSSR count). The molecule has 14 heteroatoms. The molecule has 200 valence electrons. The van der Waals surface area contributed by atoms with Crippen molar-refractivity contribution in [1.29, 1.82) is 0 Å². The predicted molar refractivity (Wildman–Crippen MR) is 123 cm³/mol. The molecule has 2 aliphatic carbocycles. The van der Waals surface area contributed by atoms with Gasteiger partial charge in [0.2, 0.25) is 0 Å². The first kappa shape index (κ1) is 24.8. The van der Waals surface area contributed by atoms with E-state index in [0.717, 1.165) is 12.1 Å². The van der Waals surface area contributed by atoms with Crippen LogP contribution in [0.2, 0.25) is 0 Å². The van der Waals surface area contributed by atoms with Gasteiger partial charge in [-0.05, 0) is 50.0 Å². The van der Waals surface area contributed by atoms with Crippen LogP contribution in [0.1, 0.15) is 46.4 Å². The van der Waals surface area contributed by atoms with Crippen molar-refractivity contribution in [2.45, 2.75) is 25.7 Å². The number of nitrogens with zero attached hydrogens (tertiary/aromatic N) is 1. The molecule has 3 heterocycles. The molecular formula is C26H14N2O12. The van der Waals surface area contributed by atoms with Crippen LogP contribution < -0.4 is 15.3 Å². The second-order valence-corrected chi connectivity index (χ2v) is 9.05. The maximum atomic E-state index is 12.9. The lowest BCUT2D eigenvalue weighted by atomic mass is 9.93. The number of carbonyl (C=O) groups is 8. The first-order valence-electron chi connectivity index (χ1n) is 11.7. The Morgan fingerprint density at radius 3 is 1.45 bits per heavy atom. The number of nitrogens with two attached hydrogens (primary N) is 1.